The summed E-state index contributed by atoms with van der Waals surface area (Å²) in [5.41, 5.74) is 0. The highest BCUT2D eigenvalue weighted by Gasteiger charge is 2.11. The van der Waals surface area contributed by atoms with Crippen LogP contribution in [0.25, 0.3) is 0 Å². The van der Waals surface area contributed by atoms with Crippen LogP contribution in [0.3, 0.4) is 0 Å². The Morgan fingerprint density at radius 1 is 1.48 bits per heavy atom. The van der Waals surface area contributed by atoms with E-state index in [1.165, 1.54) is 7.11 Å². The number of aromatic nitrogens is 2. The molecule has 1 heterocycles. The quantitative estimate of drug-likeness (QED) is 0.731. The van der Waals surface area contributed by atoms with Crippen molar-refractivity contribution in [1.82, 2.24) is 14.7 Å². The second kappa shape index (κ2) is 8.41. The molecule has 1 N–H and O–H groups in total. The van der Waals surface area contributed by atoms with E-state index in [1.807, 2.05) is 25.8 Å². The second-order valence-corrected chi connectivity index (χ2v) is 5.22. The van der Waals surface area contributed by atoms with E-state index >= 15 is 0 Å². The molecule has 118 valence electrons. The molecular formula is C14H24N4O3. The number of carbonyl (C=O) groups is 2. The van der Waals surface area contributed by atoms with Gasteiger partial charge in [0.25, 0.3) is 0 Å². The number of nitrogens with zero attached hydrogens (tertiary/aromatic N) is 3. The molecule has 0 aliphatic carbocycles. The Bertz CT molecular complexity index is 471. The predicted octanol–water partition coefficient (Wildman–Crippen LogP) is 1.29. The van der Waals surface area contributed by atoms with E-state index in [-0.39, 0.29) is 24.5 Å². The smallest absolute Gasteiger partial charge is 0.305 e. The zero-order chi connectivity index (χ0) is 15.8. The van der Waals surface area contributed by atoms with Gasteiger partial charge in [-0.2, -0.15) is 5.10 Å². The van der Waals surface area contributed by atoms with Crippen LogP contribution in [-0.2, 0) is 14.3 Å². The fraction of sp³-hybridized carbons (Fsp3) is 0.643. The van der Waals surface area contributed by atoms with Crippen molar-refractivity contribution in [3.63, 3.8) is 0 Å². The van der Waals surface area contributed by atoms with Gasteiger partial charge < -0.3 is 10.1 Å². The molecule has 1 amide bonds. The van der Waals surface area contributed by atoms with Crippen molar-refractivity contribution >= 4 is 17.7 Å². The molecule has 0 bridgehead atoms. The van der Waals surface area contributed by atoms with Gasteiger partial charge in [-0.1, -0.05) is 0 Å². The van der Waals surface area contributed by atoms with E-state index < -0.39 is 0 Å². The highest BCUT2D eigenvalue weighted by Crippen LogP contribution is 2.12. The summed E-state index contributed by atoms with van der Waals surface area (Å²) in [6, 6.07) is 1.96. The number of rotatable bonds is 8. The maximum Gasteiger partial charge on any atom is 0.305 e. The highest BCUT2D eigenvalue weighted by atomic mass is 16.5. The Labute approximate surface area is 125 Å². The SMILES string of the molecule is COC(=O)CCCN(C)CC(=O)Nc1ccnn1C(C)C. The summed E-state index contributed by atoms with van der Waals surface area (Å²) < 4.78 is 6.33. The van der Waals surface area contributed by atoms with E-state index in [4.69, 9.17) is 0 Å². The van der Waals surface area contributed by atoms with Crippen molar-refractivity contribution in [3.05, 3.63) is 12.3 Å². The average Bonchev–Trinajstić information content (AvgIpc) is 2.86. The molecule has 1 aromatic heterocycles. The number of amides is 1. The summed E-state index contributed by atoms with van der Waals surface area (Å²) in [6.45, 7) is 4.93. The summed E-state index contributed by atoms with van der Waals surface area (Å²) >= 11 is 0. The number of esters is 1. The Morgan fingerprint density at radius 2 is 2.19 bits per heavy atom. The lowest BCUT2D eigenvalue weighted by molar-refractivity contribution is -0.140. The number of methoxy groups -OCH3 is 1. The van der Waals surface area contributed by atoms with Crippen molar-refractivity contribution in [2.24, 2.45) is 0 Å². The van der Waals surface area contributed by atoms with Crippen molar-refractivity contribution in [2.75, 3.05) is 32.6 Å². The lowest BCUT2D eigenvalue weighted by Crippen LogP contribution is -2.31. The Morgan fingerprint density at radius 3 is 2.81 bits per heavy atom. The molecule has 7 nitrogen and oxygen atoms in total. The van der Waals surface area contributed by atoms with Gasteiger partial charge in [0.05, 0.1) is 19.9 Å². The minimum Gasteiger partial charge on any atom is -0.469 e. The summed E-state index contributed by atoms with van der Waals surface area (Å²) in [7, 11) is 3.22. The third kappa shape index (κ3) is 5.95. The average molecular weight is 296 g/mol. The van der Waals surface area contributed by atoms with Crippen LogP contribution in [0, 0.1) is 0 Å². The first-order valence-corrected chi connectivity index (χ1v) is 7.02. The molecule has 0 aromatic carbocycles. The van der Waals surface area contributed by atoms with Crippen molar-refractivity contribution in [1.29, 1.82) is 0 Å². The van der Waals surface area contributed by atoms with Crippen molar-refractivity contribution < 1.29 is 14.3 Å². The van der Waals surface area contributed by atoms with Gasteiger partial charge in [0, 0.05) is 18.5 Å². The number of ether oxygens (including phenoxy) is 1. The molecule has 1 aromatic rings. The van der Waals surface area contributed by atoms with E-state index in [1.54, 1.807) is 16.9 Å². The second-order valence-electron chi connectivity index (χ2n) is 5.22. The lowest BCUT2D eigenvalue weighted by Gasteiger charge is -2.17. The maximum atomic E-state index is 12.0. The van der Waals surface area contributed by atoms with Crippen molar-refractivity contribution in [3.8, 4) is 0 Å². The fourth-order valence-corrected chi connectivity index (χ4v) is 1.93. The number of anilines is 1. The largest absolute Gasteiger partial charge is 0.469 e. The molecule has 0 aliphatic heterocycles. The van der Waals surface area contributed by atoms with Gasteiger partial charge in [-0.15, -0.1) is 0 Å². The monoisotopic (exact) mass is 296 g/mol. The van der Waals surface area contributed by atoms with Crippen LogP contribution in [0.4, 0.5) is 5.82 Å². The molecule has 21 heavy (non-hydrogen) atoms. The van der Waals surface area contributed by atoms with E-state index in [9.17, 15) is 9.59 Å². The molecule has 0 radical (unpaired) electrons. The van der Waals surface area contributed by atoms with Gasteiger partial charge in [-0.25, -0.2) is 4.68 Å². The summed E-state index contributed by atoms with van der Waals surface area (Å²) in [5, 5.41) is 7.00. The Hall–Kier alpha value is -1.89. The first kappa shape index (κ1) is 17.2. The van der Waals surface area contributed by atoms with Gasteiger partial charge in [-0.3, -0.25) is 14.5 Å². The molecule has 0 spiro atoms. The Kier molecular flexibility index (Phi) is 6.87. The summed E-state index contributed by atoms with van der Waals surface area (Å²) in [5.74, 6) is 0.365. The Balaban J connectivity index is 2.36. The van der Waals surface area contributed by atoms with Crippen LogP contribution >= 0.6 is 0 Å². The van der Waals surface area contributed by atoms with Gasteiger partial charge in [0.2, 0.25) is 5.91 Å². The molecule has 0 aliphatic rings. The molecule has 0 atom stereocenters. The zero-order valence-electron chi connectivity index (χ0n) is 13.1. The minimum atomic E-state index is -0.228. The number of likely N-dealkylation sites (N-methyl/N-ethyl adjacent to an activating group) is 1. The third-order valence-corrected chi connectivity index (χ3v) is 2.99. The molecule has 0 fully saturated rings. The first-order chi connectivity index (χ1) is 9.93. The summed E-state index contributed by atoms with van der Waals surface area (Å²) in [6.07, 6.45) is 2.69. The van der Waals surface area contributed by atoms with Crippen LogP contribution in [0.1, 0.15) is 32.7 Å². The highest BCUT2D eigenvalue weighted by molar-refractivity contribution is 5.91. The van der Waals surface area contributed by atoms with Gasteiger partial charge >= 0.3 is 5.97 Å². The zero-order valence-corrected chi connectivity index (χ0v) is 13.1. The summed E-state index contributed by atoms with van der Waals surface area (Å²) in [4.78, 5) is 24.8. The van der Waals surface area contributed by atoms with Crippen LogP contribution in [0.15, 0.2) is 12.3 Å². The van der Waals surface area contributed by atoms with Crippen LogP contribution in [0.5, 0.6) is 0 Å². The van der Waals surface area contributed by atoms with E-state index in [0.717, 1.165) is 0 Å². The van der Waals surface area contributed by atoms with Crippen LogP contribution in [-0.4, -0.2) is 53.8 Å². The molecule has 1 rings (SSSR count). The third-order valence-electron chi connectivity index (χ3n) is 2.99. The molecule has 7 heteroatoms. The van der Waals surface area contributed by atoms with Crippen LogP contribution in [0.2, 0.25) is 0 Å². The normalized spacial score (nSPS) is 11.0. The molecule has 0 unspecified atom stereocenters. The molecule has 0 saturated heterocycles. The number of carbonyl (C=O) groups excluding carboxylic acids is 2. The van der Waals surface area contributed by atoms with Gasteiger partial charge in [0.15, 0.2) is 0 Å². The fourth-order valence-electron chi connectivity index (χ4n) is 1.93. The standard InChI is InChI=1S/C14H24N4O3/c1-11(2)18-12(7-8-15-18)16-13(19)10-17(3)9-5-6-14(20)21-4/h7-8,11H,5-6,9-10H2,1-4H3,(H,16,19). The molecule has 0 saturated carbocycles. The van der Waals surface area contributed by atoms with Gasteiger partial charge in [-0.05, 0) is 33.9 Å². The van der Waals surface area contributed by atoms with Crippen molar-refractivity contribution in [2.45, 2.75) is 32.7 Å². The van der Waals surface area contributed by atoms with E-state index in [0.29, 0.717) is 25.2 Å². The van der Waals surface area contributed by atoms with Crippen LogP contribution < -0.4 is 5.32 Å². The van der Waals surface area contributed by atoms with E-state index in [2.05, 4.69) is 15.2 Å². The minimum absolute atomic E-state index is 0.0991. The lowest BCUT2D eigenvalue weighted by atomic mass is 10.3. The number of hydrogen-bond donors (Lipinski definition) is 1. The van der Waals surface area contributed by atoms with Gasteiger partial charge in [0.1, 0.15) is 5.82 Å². The number of hydrogen-bond acceptors (Lipinski definition) is 5. The maximum absolute atomic E-state index is 12.0. The first-order valence-electron chi connectivity index (χ1n) is 7.02. The topological polar surface area (TPSA) is 76.5 Å². The predicted molar refractivity (Wildman–Crippen MR) is 80.0 cm³/mol. The number of nitrogens with one attached hydrogen (secondary N) is 1. The molecular weight excluding hydrogens is 272 g/mol.